The summed E-state index contributed by atoms with van der Waals surface area (Å²) in [5.74, 6) is -6.43. The van der Waals surface area contributed by atoms with Crippen molar-refractivity contribution in [2.24, 2.45) is 0 Å². The van der Waals surface area contributed by atoms with Gasteiger partial charge in [-0.25, -0.2) is 19.2 Å². The quantitative estimate of drug-likeness (QED) is 0.0658. The number of carbonyl (C=O) groups excluding carboxylic acids is 1. The van der Waals surface area contributed by atoms with Crippen molar-refractivity contribution in [3.8, 4) is 5.75 Å². The largest absolute Gasteiger partial charge is 0.494 e. The molecule has 1 aromatic heterocycles. The minimum Gasteiger partial charge on any atom is -0.494 e. The highest BCUT2D eigenvalue weighted by Crippen LogP contribution is 2.34. The normalized spacial score (nSPS) is 10.3. The summed E-state index contributed by atoms with van der Waals surface area (Å²) in [6.45, 7) is 10.7. The Hall–Kier alpha value is -4.49. The van der Waals surface area contributed by atoms with E-state index in [4.69, 9.17) is 50.1 Å². The van der Waals surface area contributed by atoms with E-state index < -0.39 is 23.9 Å². The second-order valence-corrected chi connectivity index (χ2v) is 11.0. The lowest BCUT2D eigenvalue weighted by Crippen LogP contribution is -2.28. The van der Waals surface area contributed by atoms with E-state index in [2.05, 4.69) is 25.7 Å². The molecule has 0 saturated carbocycles. The average Bonchev–Trinajstić information content (AvgIpc) is 3.38. The zero-order chi connectivity index (χ0) is 33.9. The fourth-order valence-electron chi connectivity index (χ4n) is 4.09. The Labute approximate surface area is 266 Å². The highest BCUT2D eigenvalue weighted by molar-refractivity contribution is 7.19. The van der Waals surface area contributed by atoms with Gasteiger partial charge in [0.2, 0.25) is 0 Å². The molecule has 0 aliphatic carbocycles. The van der Waals surface area contributed by atoms with Gasteiger partial charge in [0.05, 0.1) is 6.61 Å². The van der Waals surface area contributed by atoms with Crippen LogP contribution >= 0.6 is 11.3 Å². The maximum atomic E-state index is 13.4. The molecule has 0 radical (unpaired) electrons. The van der Waals surface area contributed by atoms with Crippen molar-refractivity contribution < 1.29 is 49.1 Å². The molecule has 12 nitrogen and oxygen atoms in total. The molecule has 0 atom stereocenters. The smallest absolute Gasteiger partial charge is 0.414 e. The number of rotatable bonds is 14. The van der Waals surface area contributed by atoms with E-state index in [1.165, 1.54) is 38.8 Å². The van der Waals surface area contributed by atoms with Gasteiger partial charge < -0.3 is 35.8 Å². The number of benzene rings is 2. The molecule has 13 heteroatoms. The van der Waals surface area contributed by atoms with Crippen LogP contribution in [0.4, 0.5) is 5.69 Å². The molecule has 0 fully saturated rings. The summed E-state index contributed by atoms with van der Waals surface area (Å²) in [6, 6.07) is 13.4. The molecule has 0 aliphatic heterocycles. The third-order valence-electron chi connectivity index (χ3n) is 6.36. The number of ketones is 1. The van der Waals surface area contributed by atoms with Crippen molar-refractivity contribution in [1.29, 1.82) is 0 Å². The molecule has 246 valence electrons. The zero-order valence-electron chi connectivity index (χ0n) is 25.8. The first-order valence-electron chi connectivity index (χ1n) is 14.6. The minimum absolute atomic E-state index is 0.0535. The molecule has 0 amide bonds. The summed E-state index contributed by atoms with van der Waals surface area (Å²) in [5, 5.41) is 30.5. The standard InChI is InChI=1S/C28H38N2O2S.2C2H2O4/c1-4-7-16-30(17-8-5-2)18-9-19-32-23-13-10-21(11-14-23)28(31)27-24-20-22(29)12-15-26(24)33-25(27)6-3;2*3-1(4)2(5)6/h10-15,20H,4-9,16-19,29H2,1-3H3;2*(H,3,4)(H,5,6). The molecule has 0 bridgehead atoms. The number of hydrogen-bond acceptors (Lipinski definition) is 9. The number of nitrogen functional groups attached to an aromatic ring is 1. The van der Waals surface area contributed by atoms with Crippen LogP contribution in [0.2, 0.25) is 0 Å². The predicted octanol–water partition coefficient (Wildman–Crippen LogP) is 5.26. The van der Waals surface area contributed by atoms with Crippen LogP contribution < -0.4 is 10.5 Å². The van der Waals surface area contributed by atoms with E-state index in [-0.39, 0.29) is 5.78 Å². The number of ether oxygens (including phenoxy) is 1. The monoisotopic (exact) mass is 646 g/mol. The van der Waals surface area contributed by atoms with Crippen LogP contribution in [0.15, 0.2) is 42.5 Å². The SMILES string of the molecule is CCCCN(CCCC)CCCOc1ccc(C(=O)c2c(CC)sc3ccc(N)cc23)cc1.O=C(O)C(=O)O.O=C(O)C(=O)O. The van der Waals surface area contributed by atoms with E-state index in [9.17, 15) is 4.79 Å². The third-order valence-corrected chi connectivity index (χ3v) is 7.67. The van der Waals surface area contributed by atoms with Crippen molar-refractivity contribution >= 4 is 56.8 Å². The first kappa shape index (κ1) is 38.5. The van der Waals surface area contributed by atoms with E-state index >= 15 is 0 Å². The molecule has 3 aromatic rings. The molecular formula is C32H42N2O10S. The molecule has 0 saturated heterocycles. The summed E-state index contributed by atoms with van der Waals surface area (Å²) in [6.07, 6.45) is 6.82. The third kappa shape index (κ3) is 13.8. The van der Waals surface area contributed by atoms with Crippen LogP contribution in [0, 0.1) is 0 Å². The van der Waals surface area contributed by atoms with E-state index in [1.807, 2.05) is 42.5 Å². The molecule has 3 rings (SSSR count). The Morgan fingerprint density at radius 1 is 0.756 bits per heavy atom. The lowest BCUT2D eigenvalue weighted by molar-refractivity contribution is -0.159. The topological polar surface area (TPSA) is 205 Å². The number of nitrogens with two attached hydrogens (primary N) is 1. The van der Waals surface area contributed by atoms with Crippen LogP contribution in [0.25, 0.3) is 10.1 Å². The van der Waals surface area contributed by atoms with Gasteiger partial charge in [-0.05, 0) is 81.2 Å². The number of thiophene rings is 1. The molecular weight excluding hydrogens is 604 g/mol. The van der Waals surface area contributed by atoms with Crippen molar-refractivity contribution in [1.82, 2.24) is 4.90 Å². The Balaban J connectivity index is 0.000000714. The number of hydrogen-bond donors (Lipinski definition) is 5. The molecule has 45 heavy (non-hydrogen) atoms. The van der Waals surface area contributed by atoms with Gasteiger partial charge in [0.15, 0.2) is 5.78 Å². The molecule has 0 aliphatic rings. The van der Waals surface area contributed by atoms with E-state index in [0.717, 1.165) is 45.7 Å². The van der Waals surface area contributed by atoms with Gasteiger partial charge in [-0.2, -0.15) is 0 Å². The number of nitrogens with zero attached hydrogens (tertiary/aromatic N) is 1. The number of carbonyl (C=O) groups is 5. The van der Waals surface area contributed by atoms with Crippen LogP contribution in [0.3, 0.4) is 0 Å². The first-order chi connectivity index (χ1) is 21.4. The number of aryl methyl sites for hydroxylation is 1. The highest BCUT2D eigenvalue weighted by atomic mass is 32.1. The fourth-order valence-corrected chi connectivity index (χ4v) is 5.21. The number of carboxylic acids is 4. The van der Waals surface area contributed by atoms with Crippen molar-refractivity contribution in [3.05, 3.63) is 58.5 Å². The van der Waals surface area contributed by atoms with Crippen molar-refractivity contribution in [2.45, 2.75) is 59.3 Å². The number of carboxylic acid groups (broad SMARTS) is 4. The van der Waals surface area contributed by atoms with Gasteiger partial charge in [-0.1, -0.05) is 33.6 Å². The Bertz CT molecular complexity index is 1360. The summed E-state index contributed by atoms with van der Waals surface area (Å²) in [7, 11) is 0. The molecule has 2 aromatic carbocycles. The lowest BCUT2D eigenvalue weighted by atomic mass is 9.99. The zero-order valence-corrected chi connectivity index (χ0v) is 26.6. The second-order valence-electron chi connectivity index (χ2n) is 9.83. The summed E-state index contributed by atoms with van der Waals surface area (Å²) < 4.78 is 7.08. The van der Waals surface area contributed by atoms with Gasteiger partial charge in [0.1, 0.15) is 5.75 Å². The maximum absolute atomic E-state index is 13.4. The van der Waals surface area contributed by atoms with E-state index in [0.29, 0.717) is 17.9 Å². The Morgan fingerprint density at radius 2 is 1.27 bits per heavy atom. The summed E-state index contributed by atoms with van der Waals surface area (Å²) in [5.41, 5.74) is 8.16. The Morgan fingerprint density at radius 3 is 1.73 bits per heavy atom. The number of fused-ring (bicyclic) bond motifs is 1. The summed E-state index contributed by atoms with van der Waals surface area (Å²) >= 11 is 1.68. The van der Waals surface area contributed by atoms with Crippen LogP contribution in [-0.2, 0) is 25.6 Å². The van der Waals surface area contributed by atoms with E-state index in [1.54, 1.807) is 11.3 Å². The highest BCUT2D eigenvalue weighted by Gasteiger charge is 2.20. The van der Waals surface area contributed by atoms with Gasteiger partial charge in [0, 0.05) is 38.3 Å². The van der Waals surface area contributed by atoms with Gasteiger partial charge in [0.25, 0.3) is 0 Å². The van der Waals surface area contributed by atoms with Crippen LogP contribution in [0.5, 0.6) is 5.75 Å². The van der Waals surface area contributed by atoms with Crippen LogP contribution in [-0.4, -0.2) is 81.2 Å². The number of unbranched alkanes of at least 4 members (excludes halogenated alkanes) is 2. The number of aliphatic carboxylic acids is 4. The molecule has 1 heterocycles. The molecule has 0 spiro atoms. The fraction of sp³-hybridized carbons (Fsp3) is 0.406. The minimum atomic E-state index is -1.82. The molecule has 0 unspecified atom stereocenters. The lowest BCUT2D eigenvalue weighted by Gasteiger charge is -2.21. The predicted molar refractivity (Wildman–Crippen MR) is 172 cm³/mol. The average molecular weight is 647 g/mol. The van der Waals surface area contributed by atoms with Crippen LogP contribution in [0.1, 0.15) is 73.7 Å². The van der Waals surface area contributed by atoms with Gasteiger partial charge in [-0.15, -0.1) is 11.3 Å². The van der Waals surface area contributed by atoms with Crippen molar-refractivity contribution in [3.63, 3.8) is 0 Å². The van der Waals surface area contributed by atoms with Crippen molar-refractivity contribution in [2.75, 3.05) is 32.0 Å². The summed E-state index contributed by atoms with van der Waals surface area (Å²) in [4.78, 5) is 53.4. The Kier molecular flexibility index (Phi) is 17.5. The van der Waals surface area contributed by atoms with Gasteiger partial charge in [-0.3, -0.25) is 4.79 Å². The molecule has 6 N–H and O–H groups in total. The second kappa shape index (κ2) is 20.5. The van der Waals surface area contributed by atoms with Gasteiger partial charge >= 0.3 is 23.9 Å². The number of anilines is 1. The first-order valence-corrected chi connectivity index (χ1v) is 15.4. The maximum Gasteiger partial charge on any atom is 0.414 e.